The van der Waals surface area contributed by atoms with Crippen LogP contribution in [-0.4, -0.2) is 51.1 Å². The van der Waals surface area contributed by atoms with Gasteiger partial charge in [0.25, 0.3) is 0 Å². The van der Waals surface area contributed by atoms with Gasteiger partial charge >= 0.3 is 18.2 Å². The van der Waals surface area contributed by atoms with Gasteiger partial charge in [-0.3, -0.25) is 9.48 Å². The second kappa shape index (κ2) is 6.46. The standard InChI is InChI=1S/C11H15F3N4O3/c1-7(2)18-4-8(3-15-18)16-10(21)17(5-9(19)20)6-11(12,13)14/h3-4,7H,5-6H2,1-2H3,(H,16,21)(H,19,20). The number of hydrogen-bond donors (Lipinski definition) is 2. The van der Waals surface area contributed by atoms with Crippen molar-refractivity contribution in [2.24, 2.45) is 0 Å². The molecule has 0 spiro atoms. The van der Waals surface area contributed by atoms with Crippen LogP contribution in [0.1, 0.15) is 19.9 Å². The molecule has 2 N–H and O–H groups in total. The number of carboxylic acids is 1. The molecule has 1 aromatic rings. The van der Waals surface area contributed by atoms with E-state index in [1.54, 1.807) is 0 Å². The first-order valence-corrected chi connectivity index (χ1v) is 5.97. The van der Waals surface area contributed by atoms with Gasteiger partial charge in [-0.2, -0.15) is 18.3 Å². The Kier molecular flexibility index (Phi) is 5.17. The number of aromatic nitrogens is 2. The van der Waals surface area contributed by atoms with E-state index in [0.29, 0.717) is 0 Å². The summed E-state index contributed by atoms with van der Waals surface area (Å²) in [6.07, 6.45) is -1.98. The van der Waals surface area contributed by atoms with Crippen LogP contribution < -0.4 is 5.32 Å². The van der Waals surface area contributed by atoms with E-state index in [0.717, 1.165) is 0 Å². The smallest absolute Gasteiger partial charge is 0.406 e. The Hall–Kier alpha value is -2.26. The number of carboxylic acid groups (broad SMARTS) is 1. The molecule has 0 saturated heterocycles. The Labute approximate surface area is 118 Å². The number of amides is 2. The predicted octanol–water partition coefficient (Wildman–Crippen LogP) is 1.94. The van der Waals surface area contributed by atoms with E-state index in [1.165, 1.54) is 17.1 Å². The molecule has 0 bridgehead atoms. The molecule has 0 radical (unpaired) electrons. The van der Waals surface area contributed by atoms with Crippen LogP contribution in [0, 0.1) is 0 Å². The summed E-state index contributed by atoms with van der Waals surface area (Å²) in [6, 6.07) is -1.14. The number of hydrogen-bond acceptors (Lipinski definition) is 3. The Balaban J connectivity index is 2.77. The van der Waals surface area contributed by atoms with E-state index in [4.69, 9.17) is 5.11 Å². The molecule has 2 amide bonds. The van der Waals surface area contributed by atoms with Crippen molar-refractivity contribution in [3.63, 3.8) is 0 Å². The maximum Gasteiger partial charge on any atom is 0.406 e. The van der Waals surface area contributed by atoms with E-state index >= 15 is 0 Å². The second-order valence-electron chi connectivity index (χ2n) is 4.60. The number of rotatable bonds is 5. The monoisotopic (exact) mass is 308 g/mol. The minimum absolute atomic E-state index is 0.0148. The van der Waals surface area contributed by atoms with Crippen molar-refractivity contribution in [3.05, 3.63) is 12.4 Å². The van der Waals surface area contributed by atoms with Crippen molar-refractivity contribution >= 4 is 17.7 Å². The third-order valence-electron chi connectivity index (χ3n) is 2.37. The number of anilines is 1. The molecule has 118 valence electrons. The van der Waals surface area contributed by atoms with Crippen LogP contribution in [0.2, 0.25) is 0 Å². The van der Waals surface area contributed by atoms with Crippen LogP contribution >= 0.6 is 0 Å². The summed E-state index contributed by atoms with van der Waals surface area (Å²) in [6.45, 7) is 0.963. The molecule has 0 aliphatic rings. The lowest BCUT2D eigenvalue weighted by Crippen LogP contribution is -2.44. The maximum atomic E-state index is 12.3. The number of urea groups is 1. The van der Waals surface area contributed by atoms with Gasteiger partial charge < -0.3 is 15.3 Å². The van der Waals surface area contributed by atoms with Crippen molar-refractivity contribution in [1.29, 1.82) is 0 Å². The number of nitrogens with zero attached hydrogens (tertiary/aromatic N) is 3. The van der Waals surface area contributed by atoms with E-state index in [-0.39, 0.29) is 16.6 Å². The average Bonchev–Trinajstić information content (AvgIpc) is 2.74. The number of halogens is 3. The van der Waals surface area contributed by atoms with Crippen molar-refractivity contribution in [2.75, 3.05) is 18.4 Å². The third kappa shape index (κ3) is 5.71. The zero-order valence-electron chi connectivity index (χ0n) is 11.4. The molecule has 0 aliphatic carbocycles. The summed E-state index contributed by atoms with van der Waals surface area (Å²) < 4.78 is 38.5. The van der Waals surface area contributed by atoms with Crippen LogP contribution in [0.15, 0.2) is 12.4 Å². The molecule has 1 aromatic heterocycles. The van der Waals surface area contributed by atoms with Crippen molar-refractivity contribution in [1.82, 2.24) is 14.7 Å². The molecule has 1 heterocycles. The Morgan fingerprint density at radius 2 is 2.10 bits per heavy atom. The van der Waals surface area contributed by atoms with Crippen LogP contribution in [-0.2, 0) is 4.79 Å². The highest BCUT2D eigenvalue weighted by atomic mass is 19.4. The first-order chi connectivity index (χ1) is 9.58. The van der Waals surface area contributed by atoms with Crippen LogP contribution in [0.3, 0.4) is 0 Å². The summed E-state index contributed by atoms with van der Waals surface area (Å²) in [5.74, 6) is -1.53. The summed E-state index contributed by atoms with van der Waals surface area (Å²) in [5, 5.41) is 14.7. The fourth-order valence-electron chi connectivity index (χ4n) is 1.47. The number of carbonyl (C=O) groups excluding carboxylic acids is 1. The zero-order chi connectivity index (χ0) is 16.2. The van der Waals surface area contributed by atoms with Gasteiger partial charge in [0.05, 0.1) is 11.9 Å². The first kappa shape index (κ1) is 16.8. The van der Waals surface area contributed by atoms with Crippen LogP contribution in [0.25, 0.3) is 0 Å². The molecule has 10 heteroatoms. The van der Waals surface area contributed by atoms with Crippen molar-refractivity contribution in [3.8, 4) is 0 Å². The van der Waals surface area contributed by atoms with Crippen LogP contribution in [0.4, 0.5) is 23.7 Å². The molecule has 0 fully saturated rings. The predicted molar refractivity (Wildman–Crippen MR) is 66.9 cm³/mol. The number of alkyl halides is 3. The van der Waals surface area contributed by atoms with E-state index in [2.05, 4.69) is 10.4 Å². The van der Waals surface area contributed by atoms with Gasteiger partial charge in [0.15, 0.2) is 0 Å². The third-order valence-corrected chi connectivity index (χ3v) is 2.37. The Bertz CT molecular complexity index is 513. The molecule has 0 atom stereocenters. The highest BCUT2D eigenvalue weighted by Gasteiger charge is 2.34. The lowest BCUT2D eigenvalue weighted by Gasteiger charge is -2.22. The van der Waals surface area contributed by atoms with Gasteiger partial charge in [-0.1, -0.05) is 0 Å². The lowest BCUT2D eigenvalue weighted by atomic mass is 10.4. The first-order valence-electron chi connectivity index (χ1n) is 5.97. The normalized spacial score (nSPS) is 11.5. The number of nitrogens with one attached hydrogen (secondary N) is 1. The largest absolute Gasteiger partial charge is 0.480 e. The number of carbonyl (C=O) groups is 2. The molecule has 1 rings (SSSR count). The summed E-state index contributed by atoms with van der Waals surface area (Å²) >= 11 is 0. The molecule has 7 nitrogen and oxygen atoms in total. The second-order valence-corrected chi connectivity index (χ2v) is 4.60. The van der Waals surface area contributed by atoms with Crippen LogP contribution in [0.5, 0.6) is 0 Å². The number of aliphatic carboxylic acids is 1. The van der Waals surface area contributed by atoms with Gasteiger partial charge in [0.2, 0.25) is 0 Å². The van der Waals surface area contributed by atoms with E-state index < -0.39 is 31.3 Å². The highest BCUT2D eigenvalue weighted by molar-refractivity contribution is 5.91. The molecular formula is C11H15F3N4O3. The summed E-state index contributed by atoms with van der Waals surface area (Å²) in [4.78, 5) is 22.4. The minimum Gasteiger partial charge on any atom is -0.480 e. The minimum atomic E-state index is -4.69. The van der Waals surface area contributed by atoms with Gasteiger partial charge in [-0.15, -0.1) is 0 Å². The molecule has 0 aliphatic heterocycles. The van der Waals surface area contributed by atoms with E-state index in [9.17, 15) is 22.8 Å². The van der Waals surface area contributed by atoms with Gasteiger partial charge in [0, 0.05) is 12.2 Å². The molecular weight excluding hydrogens is 293 g/mol. The van der Waals surface area contributed by atoms with E-state index in [1.807, 2.05) is 13.8 Å². The Morgan fingerprint density at radius 1 is 1.48 bits per heavy atom. The lowest BCUT2D eigenvalue weighted by molar-refractivity contribution is -0.148. The molecule has 0 aromatic carbocycles. The Morgan fingerprint density at radius 3 is 2.52 bits per heavy atom. The fraction of sp³-hybridized carbons (Fsp3) is 0.545. The fourth-order valence-corrected chi connectivity index (χ4v) is 1.47. The molecule has 21 heavy (non-hydrogen) atoms. The quantitative estimate of drug-likeness (QED) is 0.870. The highest BCUT2D eigenvalue weighted by Crippen LogP contribution is 2.17. The van der Waals surface area contributed by atoms with Gasteiger partial charge in [-0.25, -0.2) is 4.79 Å². The zero-order valence-corrected chi connectivity index (χ0v) is 11.4. The summed E-state index contributed by atoms with van der Waals surface area (Å²) in [7, 11) is 0. The SMILES string of the molecule is CC(C)n1cc(NC(=O)N(CC(=O)O)CC(F)(F)F)cn1. The van der Waals surface area contributed by atoms with Crippen molar-refractivity contribution < 1.29 is 27.9 Å². The maximum absolute atomic E-state index is 12.3. The summed E-state index contributed by atoms with van der Waals surface area (Å²) in [5.41, 5.74) is 0.186. The van der Waals surface area contributed by atoms with Crippen molar-refractivity contribution in [2.45, 2.75) is 26.1 Å². The molecule has 0 saturated carbocycles. The topological polar surface area (TPSA) is 87.5 Å². The van der Waals surface area contributed by atoms with Gasteiger partial charge in [0.1, 0.15) is 13.1 Å². The van der Waals surface area contributed by atoms with Gasteiger partial charge in [-0.05, 0) is 13.8 Å². The molecule has 0 unspecified atom stereocenters. The average molecular weight is 308 g/mol.